The van der Waals surface area contributed by atoms with Crippen molar-refractivity contribution < 1.29 is 9.90 Å². The average molecular weight is 274 g/mol. The number of rotatable bonds is 4. The van der Waals surface area contributed by atoms with Gasteiger partial charge in [-0.05, 0) is 49.4 Å². The summed E-state index contributed by atoms with van der Waals surface area (Å²) in [6.45, 7) is 3.67. The summed E-state index contributed by atoms with van der Waals surface area (Å²) in [5.41, 5.74) is 0.996. The van der Waals surface area contributed by atoms with E-state index >= 15 is 0 Å². The first-order chi connectivity index (χ1) is 9.65. The molecule has 2 N–H and O–H groups in total. The minimum Gasteiger partial charge on any atom is -0.508 e. The molecule has 0 radical (unpaired) electrons. The van der Waals surface area contributed by atoms with Gasteiger partial charge in [0.2, 0.25) is 5.91 Å². The van der Waals surface area contributed by atoms with Crippen molar-refractivity contribution in [3.8, 4) is 5.75 Å². The third-order valence-corrected chi connectivity index (χ3v) is 4.33. The highest BCUT2D eigenvalue weighted by Crippen LogP contribution is 2.31. The fourth-order valence-electron chi connectivity index (χ4n) is 2.97. The molecule has 1 aromatic rings. The largest absolute Gasteiger partial charge is 0.508 e. The van der Waals surface area contributed by atoms with E-state index in [4.69, 9.17) is 0 Å². The number of nitrogens with one attached hydrogen (secondary N) is 1. The maximum absolute atomic E-state index is 12.7. The van der Waals surface area contributed by atoms with Crippen molar-refractivity contribution in [2.75, 3.05) is 6.54 Å². The van der Waals surface area contributed by atoms with Crippen molar-refractivity contribution in [3.05, 3.63) is 29.8 Å². The van der Waals surface area contributed by atoms with Gasteiger partial charge in [-0.25, -0.2) is 0 Å². The highest BCUT2D eigenvalue weighted by molar-refractivity contribution is 5.83. The van der Waals surface area contributed by atoms with Crippen LogP contribution in [0.5, 0.6) is 5.75 Å². The zero-order valence-corrected chi connectivity index (χ0v) is 11.9. The van der Waals surface area contributed by atoms with Crippen LogP contribution in [-0.2, 0) is 11.3 Å². The van der Waals surface area contributed by atoms with Crippen molar-refractivity contribution in [1.29, 1.82) is 0 Å². The standard InChI is InChI=1S/C16H22N2O2/c1-11-7-8-17-15(11)16(20)18(13-5-6-13)10-12-3-2-4-14(19)9-12/h2-4,9,11,13,15,17,19H,5-8,10H2,1H3. The molecule has 2 unspecified atom stereocenters. The summed E-state index contributed by atoms with van der Waals surface area (Å²) in [7, 11) is 0. The van der Waals surface area contributed by atoms with E-state index in [9.17, 15) is 9.90 Å². The molecule has 1 saturated carbocycles. The molecule has 2 aliphatic rings. The smallest absolute Gasteiger partial charge is 0.240 e. The lowest BCUT2D eigenvalue weighted by Crippen LogP contribution is -2.46. The molecule has 4 heteroatoms. The van der Waals surface area contributed by atoms with Gasteiger partial charge in [0.15, 0.2) is 0 Å². The van der Waals surface area contributed by atoms with Crippen LogP contribution in [0.1, 0.15) is 31.7 Å². The van der Waals surface area contributed by atoms with Crippen LogP contribution in [0.2, 0.25) is 0 Å². The lowest BCUT2D eigenvalue weighted by molar-refractivity contribution is -0.135. The fraction of sp³-hybridized carbons (Fsp3) is 0.562. The van der Waals surface area contributed by atoms with E-state index in [1.165, 1.54) is 0 Å². The molecule has 1 aliphatic carbocycles. The van der Waals surface area contributed by atoms with Gasteiger partial charge in [-0.1, -0.05) is 19.1 Å². The molecule has 4 nitrogen and oxygen atoms in total. The molecule has 2 fully saturated rings. The van der Waals surface area contributed by atoms with Crippen LogP contribution in [0.3, 0.4) is 0 Å². The number of phenols is 1. The third kappa shape index (κ3) is 2.80. The normalized spacial score (nSPS) is 25.6. The average Bonchev–Trinajstić information content (AvgIpc) is 3.17. The van der Waals surface area contributed by atoms with E-state index in [0.29, 0.717) is 18.5 Å². The van der Waals surface area contributed by atoms with Crippen LogP contribution in [0.4, 0.5) is 0 Å². The van der Waals surface area contributed by atoms with Gasteiger partial charge in [-0.3, -0.25) is 4.79 Å². The van der Waals surface area contributed by atoms with Gasteiger partial charge in [-0.2, -0.15) is 0 Å². The Kier molecular flexibility index (Phi) is 3.66. The van der Waals surface area contributed by atoms with Gasteiger partial charge in [0.05, 0.1) is 6.04 Å². The monoisotopic (exact) mass is 274 g/mol. The number of benzene rings is 1. The fourth-order valence-corrected chi connectivity index (χ4v) is 2.97. The van der Waals surface area contributed by atoms with Crippen LogP contribution in [0.25, 0.3) is 0 Å². The lowest BCUT2D eigenvalue weighted by atomic mass is 10.0. The summed E-state index contributed by atoms with van der Waals surface area (Å²) >= 11 is 0. The van der Waals surface area contributed by atoms with Crippen molar-refractivity contribution >= 4 is 5.91 Å². The van der Waals surface area contributed by atoms with Gasteiger partial charge in [-0.15, -0.1) is 0 Å². The molecule has 1 saturated heterocycles. The number of hydrogen-bond acceptors (Lipinski definition) is 3. The molecule has 1 aliphatic heterocycles. The number of aromatic hydroxyl groups is 1. The summed E-state index contributed by atoms with van der Waals surface area (Å²) in [5, 5.41) is 12.9. The third-order valence-electron chi connectivity index (χ3n) is 4.33. The summed E-state index contributed by atoms with van der Waals surface area (Å²) in [4.78, 5) is 14.7. The Morgan fingerprint density at radius 1 is 1.40 bits per heavy atom. The highest BCUT2D eigenvalue weighted by Gasteiger charge is 2.39. The van der Waals surface area contributed by atoms with Crippen molar-refractivity contribution in [3.63, 3.8) is 0 Å². The molecular formula is C16H22N2O2. The van der Waals surface area contributed by atoms with Crippen molar-refractivity contribution in [1.82, 2.24) is 10.2 Å². The van der Waals surface area contributed by atoms with Crippen molar-refractivity contribution in [2.24, 2.45) is 5.92 Å². The SMILES string of the molecule is CC1CCNC1C(=O)N(Cc1cccc(O)c1)C1CC1. The lowest BCUT2D eigenvalue weighted by Gasteiger charge is -2.27. The minimum absolute atomic E-state index is 0.0343. The first kappa shape index (κ1) is 13.4. The second kappa shape index (κ2) is 5.44. The molecule has 2 atom stereocenters. The molecule has 0 spiro atoms. The number of amides is 1. The Balaban J connectivity index is 1.74. The number of hydrogen-bond donors (Lipinski definition) is 2. The predicted octanol–water partition coefficient (Wildman–Crippen LogP) is 1.88. The highest BCUT2D eigenvalue weighted by atomic mass is 16.3. The minimum atomic E-state index is -0.0343. The van der Waals surface area contributed by atoms with Crippen LogP contribution in [-0.4, -0.2) is 34.5 Å². The van der Waals surface area contributed by atoms with E-state index in [1.54, 1.807) is 12.1 Å². The Morgan fingerprint density at radius 3 is 2.80 bits per heavy atom. The molecule has 1 amide bonds. The predicted molar refractivity (Wildman–Crippen MR) is 77.3 cm³/mol. The number of nitrogens with zero attached hydrogens (tertiary/aromatic N) is 1. The van der Waals surface area contributed by atoms with Gasteiger partial charge in [0.25, 0.3) is 0 Å². The van der Waals surface area contributed by atoms with Gasteiger partial charge in [0, 0.05) is 12.6 Å². The number of carbonyl (C=O) groups is 1. The van der Waals surface area contributed by atoms with Crippen molar-refractivity contribution in [2.45, 2.75) is 44.8 Å². The van der Waals surface area contributed by atoms with Crippen LogP contribution >= 0.6 is 0 Å². The Hall–Kier alpha value is -1.55. The first-order valence-electron chi connectivity index (χ1n) is 7.47. The molecule has 0 aromatic heterocycles. The second-order valence-corrected chi connectivity index (χ2v) is 6.06. The Bertz CT molecular complexity index is 499. The van der Waals surface area contributed by atoms with Gasteiger partial charge < -0.3 is 15.3 Å². The van der Waals surface area contributed by atoms with Crippen LogP contribution in [0.15, 0.2) is 24.3 Å². The number of carbonyl (C=O) groups excluding carboxylic acids is 1. The molecule has 20 heavy (non-hydrogen) atoms. The summed E-state index contributed by atoms with van der Waals surface area (Å²) in [5.74, 6) is 0.895. The molecular weight excluding hydrogens is 252 g/mol. The molecule has 1 aromatic carbocycles. The molecule has 0 bridgehead atoms. The topological polar surface area (TPSA) is 52.6 Å². The quantitative estimate of drug-likeness (QED) is 0.881. The van der Waals surface area contributed by atoms with E-state index in [1.807, 2.05) is 17.0 Å². The second-order valence-electron chi connectivity index (χ2n) is 6.06. The van der Waals surface area contributed by atoms with E-state index < -0.39 is 0 Å². The summed E-state index contributed by atoms with van der Waals surface area (Å²) in [6, 6.07) is 7.55. The molecule has 3 rings (SSSR count). The summed E-state index contributed by atoms with van der Waals surface area (Å²) < 4.78 is 0. The maximum Gasteiger partial charge on any atom is 0.240 e. The maximum atomic E-state index is 12.7. The summed E-state index contributed by atoms with van der Waals surface area (Å²) in [6.07, 6.45) is 3.28. The molecule has 108 valence electrons. The molecule has 1 heterocycles. The van der Waals surface area contributed by atoms with Gasteiger partial charge in [0.1, 0.15) is 5.75 Å². The van der Waals surface area contributed by atoms with E-state index in [0.717, 1.165) is 31.4 Å². The van der Waals surface area contributed by atoms with Gasteiger partial charge >= 0.3 is 0 Å². The van der Waals surface area contributed by atoms with E-state index in [2.05, 4.69) is 12.2 Å². The van der Waals surface area contributed by atoms with E-state index in [-0.39, 0.29) is 17.7 Å². The zero-order chi connectivity index (χ0) is 14.1. The Labute approximate surface area is 119 Å². The number of phenolic OH excluding ortho intramolecular Hbond substituents is 1. The van der Waals surface area contributed by atoms with Crippen LogP contribution in [0, 0.1) is 5.92 Å². The first-order valence-corrected chi connectivity index (χ1v) is 7.47. The van der Waals surface area contributed by atoms with Crippen LogP contribution < -0.4 is 5.32 Å². The Morgan fingerprint density at radius 2 is 2.20 bits per heavy atom. The zero-order valence-electron chi connectivity index (χ0n) is 11.9.